The molecule has 0 bridgehead atoms. The van der Waals surface area contributed by atoms with E-state index in [2.05, 4.69) is 29.0 Å². The molecule has 27 heavy (non-hydrogen) atoms. The molecule has 3 rings (SSSR count). The van der Waals surface area contributed by atoms with E-state index in [9.17, 15) is 14.4 Å². The minimum Gasteiger partial charge on any atom is -0.331 e. The van der Waals surface area contributed by atoms with E-state index in [4.69, 9.17) is 0 Å². The second kappa shape index (κ2) is 7.92. The van der Waals surface area contributed by atoms with Crippen LogP contribution in [0, 0.1) is 0 Å². The van der Waals surface area contributed by atoms with E-state index in [-0.39, 0.29) is 23.8 Å². The van der Waals surface area contributed by atoms with Crippen LogP contribution >= 0.6 is 11.3 Å². The van der Waals surface area contributed by atoms with Crippen LogP contribution in [-0.4, -0.2) is 29.2 Å². The Hall–Kier alpha value is -2.67. The van der Waals surface area contributed by atoms with Crippen LogP contribution in [0.15, 0.2) is 29.6 Å². The Balaban J connectivity index is 1.95. The molecule has 0 aliphatic carbocycles. The van der Waals surface area contributed by atoms with Crippen LogP contribution in [0.1, 0.15) is 54.0 Å². The average molecular weight is 385 g/mol. The molecule has 2 heterocycles. The molecule has 1 atom stereocenters. The van der Waals surface area contributed by atoms with Crippen molar-refractivity contribution in [3.05, 3.63) is 45.6 Å². The maximum Gasteiger partial charge on any atom is 0.254 e. The van der Waals surface area contributed by atoms with Gasteiger partial charge in [0.25, 0.3) is 5.91 Å². The van der Waals surface area contributed by atoms with Crippen molar-refractivity contribution in [2.45, 2.75) is 39.7 Å². The molecule has 142 valence electrons. The van der Waals surface area contributed by atoms with Gasteiger partial charge in [-0.05, 0) is 48.1 Å². The fourth-order valence-corrected chi connectivity index (χ4v) is 4.48. The van der Waals surface area contributed by atoms with Gasteiger partial charge in [0.1, 0.15) is 0 Å². The maximum absolute atomic E-state index is 13.3. The van der Waals surface area contributed by atoms with Crippen molar-refractivity contribution < 1.29 is 14.4 Å². The van der Waals surface area contributed by atoms with Crippen LogP contribution in [0.4, 0.5) is 11.4 Å². The van der Waals surface area contributed by atoms with Gasteiger partial charge in [-0.2, -0.15) is 0 Å². The molecular formula is C20H23N3O3S. The van der Waals surface area contributed by atoms with E-state index in [1.807, 2.05) is 4.90 Å². The molecule has 0 radical (unpaired) electrons. The highest BCUT2D eigenvalue weighted by Crippen LogP contribution is 2.36. The molecule has 1 aliphatic rings. The Bertz CT molecular complexity index is 856. The quantitative estimate of drug-likeness (QED) is 0.840. The summed E-state index contributed by atoms with van der Waals surface area (Å²) in [5, 5.41) is 7.47. The van der Waals surface area contributed by atoms with Crippen molar-refractivity contribution in [3.8, 4) is 0 Å². The summed E-state index contributed by atoms with van der Waals surface area (Å²) in [5.41, 5.74) is 2.64. The topological polar surface area (TPSA) is 78.5 Å². The summed E-state index contributed by atoms with van der Waals surface area (Å²) in [5.74, 6) is -0.570. The number of thiophene rings is 1. The lowest BCUT2D eigenvalue weighted by Crippen LogP contribution is -2.39. The zero-order valence-corrected chi connectivity index (χ0v) is 16.5. The highest BCUT2D eigenvalue weighted by Gasteiger charge is 2.31. The van der Waals surface area contributed by atoms with Crippen LogP contribution in [0.2, 0.25) is 0 Å². The molecule has 0 saturated heterocycles. The third-order valence-corrected chi connectivity index (χ3v) is 5.56. The van der Waals surface area contributed by atoms with Crippen LogP contribution in [0.3, 0.4) is 0 Å². The van der Waals surface area contributed by atoms with Gasteiger partial charge in [0.2, 0.25) is 11.8 Å². The fourth-order valence-electron chi connectivity index (χ4n) is 3.55. The fraction of sp³-hybridized carbons (Fsp3) is 0.350. The van der Waals surface area contributed by atoms with E-state index in [1.54, 1.807) is 29.5 Å². The maximum atomic E-state index is 13.3. The largest absolute Gasteiger partial charge is 0.331 e. The van der Waals surface area contributed by atoms with E-state index in [0.29, 0.717) is 23.5 Å². The average Bonchev–Trinajstić information content (AvgIpc) is 3.07. The summed E-state index contributed by atoms with van der Waals surface area (Å²) >= 11 is 1.74. The van der Waals surface area contributed by atoms with Crippen LogP contribution in [0.25, 0.3) is 0 Å². The smallest absolute Gasteiger partial charge is 0.254 e. The van der Waals surface area contributed by atoms with Gasteiger partial charge >= 0.3 is 0 Å². The van der Waals surface area contributed by atoms with Gasteiger partial charge in [-0.3, -0.25) is 14.4 Å². The molecule has 2 N–H and O–H groups in total. The number of rotatable bonds is 4. The lowest BCUT2D eigenvalue weighted by Gasteiger charge is -2.35. The van der Waals surface area contributed by atoms with Crippen molar-refractivity contribution >= 4 is 40.4 Å². The molecule has 1 unspecified atom stereocenters. The van der Waals surface area contributed by atoms with Gasteiger partial charge in [-0.1, -0.05) is 6.92 Å². The summed E-state index contributed by atoms with van der Waals surface area (Å²) in [6.07, 6.45) is 1.68. The predicted molar refractivity (Wildman–Crippen MR) is 107 cm³/mol. The van der Waals surface area contributed by atoms with Crippen molar-refractivity contribution in [3.63, 3.8) is 0 Å². The number of nitrogens with one attached hydrogen (secondary N) is 2. The molecule has 0 saturated carbocycles. The monoisotopic (exact) mass is 385 g/mol. The molecule has 2 aromatic rings. The number of amides is 3. The number of nitrogens with zero attached hydrogens (tertiary/aromatic N) is 1. The number of carbonyl (C=O) groups excluding carboxylic acids is 3. The number of fused-ring (bicyclic) bond motifs is 1. The van der Waals surface area contributed by atoms with Crippen molar-refractivity contribution in [1.82, 2.24) is 4.90 Å². The van der Waals surface area contributed by atoms with Crippen LogP contribution < -0.4 is 10.6 Å². The van der Waals surface area contributed by atoms with Crippen molar-refractivity contribution in [2.75, 3.05) is 17.2 Å². The summed E-state index contributed by atoms with van der Waals surface area (Å²) in [7, 11) is 0. The van der Waals surface area contributed by atoms with Gasteiger partial charge in [0.15, 0.2) is 0 Å². The SMILES string of the molecule is CCC1c2ccsc2CCN1C(=O)c1cc(NC(C)=O)cc(NC(C)=O)c1. The van der Waals surface area contributed by atoms with Crippen LogP contribution in [-0.2, 0) is 16.0 Å². The first-order valence-corrected chi connectivity index (χ1v) is 9.84. The van der Waals surface area contributed by atoms with Crippen LogP contribution in [0.5, 0.6) is 0 Å². The third kappa shape index (κ3) is 4.19. The molecule has 1 aromatic heterocycles. The summed E-state index contributed by atoms with van der Waals surface area (Å²) in [6, 6.07) is 7.10. The number of hydrogen-bond acceptors (Lipinski definition) is 4. The number of benzene rings is 1. The Morgan fingerprint density at radius 3 is 2.30 bits per heavy atom. The molecule has 0 spiro atoms. The van der Waals surface area contributed by atoms with Gasteiger partial charge in [0.05, 0.1) is 6.04 Å². The lowest BCUT2D eigenvalue weighted by molar-refractivity contribution is -0.115. The highest BCUT2D eigenvalue weighted by molar-refractivity contribution is 7.10. The second-order valence-electron chi connectivity index (χ2n) is 6.63. The van der Waals surface area contributed by atoms with E-state index in [1.165, 1.54) is 24.3 Å². The predicted octanol–water partition coefficient (Wildman–Crippen LogP) is 3.81. The standard InChI is InChI=1S/C20H23N3O3S/c1-4-18-17-6-8-27-19(17)5-7-23(18)20(26)14-9-15(21-12(2)24)11-16(10-14)22-13(3)25/h6,8-11,18H,4-5,7H2,1-3H3,(H,21,24)(H,22,25). The summed E-state index contributed by atoms with van der Waals surface area (Å²) in [6.45, 7) is 5.55. The second-order valence-corrected chi connectivity index (χ2v) is 7.63. The molecule has 3 amide bonds. The van der Waals surface area contributed by atoms with Crippen molar-refractivity contribution in [2.24, 2.45) is 0 Å². The molecule has 1 aliphatic heterocycles. The Morgan fingerprint density at radius 2 is 1.74 bits per heavy atom. The first-order valence-electron chi connectivity index (χ1n) is 8.96. The number of hydrogen-bond donors (Lipinski definition) is 2. The minimum absolute atomic E-state index is 0.0427. The van der Waals surface area contributed by atoms with Gasteiger partial charge in [0, 0.05) is 42.2 Å². The summed E-state index contributed by atoms with van der Waals surface area (Å²) in [4.78, 5) is 39.4. The molecule has 1 aromatic carbocycles. The van der Waals surface area contributed by atoms with Crippen molar-refractivity contribution in [1.29, 1.82) is 0 Å². The van der Waals surface area contributed by atoms with Gasteiger partial charge < -0.3 is 15.5 Å². The number of anilines is 2. The van der Waals surface area contributed by atoms with E-state index in [0.717, 1.165) is 12.8 Å². The molecule has 0 fully saturated rings. The normalized spacial score (nSPS) is 15.8. The Morgan fingerprint density at radius 1 is 1.11 bits per heavy atom. The van der Waals surface area contributed by atoms with Gasteiger partial charge in [-0.15, -0.1) is 11.3 Å². The first kappa shape index (κ1) is 19.1. The van der Waals surface area contributed by atoms with E-state index >= 15 is 0 Å². The Kier molecular flexibility index (Phi) is 5.60. The molecule has 6 nitrogen and oxygen atoms in total. The zero-order valence-electron chi connectivity index (χ0n) is 15.7. The minimum atomic E-state index is -0.235. The number of carbonyl (C=O) groups is 3. The zero-order chi connectivity index (χ0) is 19.6. The first-order chi connectivity index (χ1) is 12.9. The lowest BCUT2D eigenvalue weighted by atomic mass is 9.96. The third-order valence-electron chi connectivity index (χ3n) is 4.56. The Labute approximate surface area is 162 Å². The van der Waals surface area contributed by atoms with E-state index < -0.39 is 0 Å². The summed E-state index contributed by atoms with van der Waals surface area (Å²) < 4.78 is 0. The molecular weight excluding hydrogens is 362 g/mol. The highest BCUT2D eigenvalue weighted by atomic mass is 32.1. The molecule has 7 heteroatoms. The van der Waals surface area contributed by atoms with Gasteiger partial charge in [-0.25, -0.2) is 0 Å².